The zero-order valence-corrected chi connectivity index (χ0v) is 6.04. The number of thiol groups is 2. The standard InChI is InChI=1S/C4H6O2S2/c1-2(3(5)6)4(7)8/h7-8H,1H3,(H,5,6). The number of rotatable bonds is 1. The number of carboxylic acid groups (broad SMARTS) is 1. The van der Waals surface area contributed by atoms with Crippen molar-refractivity contribution in [3.63, 3.8) is 0 Å². The smallest absolute Gasteiger partial charge is 0.332 e. The van der Waals surface area contributed by atoms with Crippen LogP contribution >= 0.6 is 25.3 Å². The fourth-order valence-corrected chi connectivity index (χ4v) is 0.287. The lowest BCUT2D eigenvalue weighted by Gasteiger charge is -1.90. The molecule has 2 nitrogen and oxygen atoms in total. The first-order chi connectivity index (χ1) is 3.55. The number of carboxylic acids is 1. The predicted molar refractivity (Wildman–Crippen MR) is 38.3 cm³/mol. The zero-order chi connectivity index (χ0) is 6.73. The lowest BCUT2D eigenvalue weighted by molar-refractivity contribution is -0.132. The molecule has 0 saturated heterocycles. The van der Waals surface area contributed by atoms with Crippen LogP contribution in [-0.4, -0.2) is 11.1 Å². The summed E-state index contributed by atoms with van der Waals surface area (Å²) in [5.74, 6) is -0.981. The Morgan fingerprint density at radius 1 is 1.50 bits per heavy atom. The molecule has 0 bridgehead atoms. The average molecular weight is 150 g/mol. The molecular formula is C4H6O2S2. The molecule has 8 heavy (non-hydrogen) atoms. The highest BCUT2D eigenvalue weighted by Gasteiger charge is 2.00. The largest absolute Gasteiger partial charge is 0.478 e. The van der Waals surface area contributed by atoms with Gasteiger partial charge in [0, 0.05) is 4.24 Å². The van der Waals surface area contributed by atoms with Crippen molar-refractivity contribution in [3.8, 4) is 0 Å². The van der Waals surface area contributed by atoms with Gasteiger partial charge in [-0.05, 0) is 6.92 Å². The van der Waals surface area contributed by atoms with Gasteiger partial charge in [-0.25, -0.2) is 4.79 Å². The molecule has 0 aliphatic heterocycles. The van der Waals surface area contributed by atoms with Crippen molar-refractivity contribution in [2.24, 2.45) is 0 Å². The van der Waals surface area contributed by atoms with Gasteiger partial charge in [0.2, 0.25) is 0 Å². The van der Waals surface area contributed by atoms with E-state index in [2.05, 4.69) is 25.3 Å². The van der Waals surface area contributed by atoms with Gasteiger partial charge in [0.15, 0.2) is 0 Å². The van der Waals surface area contributed by atoms with Crippen molar-refractivity contribution in [2.75, 3.05) is 0 Å². The molecule has 0 heterocycles. The first-order valence-electron chi connectivity index (χ1n) is 1.87. The third-order valence-electron chi connectivity index (χ3n) is 0.656. The van der Waals surface area contributed by atoms with Crippen molar-refractivity contribution >= 4 is 31.2 Å². The van der Waals surface area contributed by atoms with Crippen LogP contribution in [-0.2, 0) is 4.79 Å². The van der Waals surface area contributed by atoms with Crippen LogP contribution in [0.4, 0.5) is 0 Å². The molecule has 0 aromatic rings. The molecule has 0 aliphatic carbocycles. The highest BCUT2D eigenvalue weighted by Crippen LogP contribution is 2.11. The summed E-state index contributed by atoms with van der Waals surface area (Å²) in [7, 11) is 0. The molecule has 0 radical (unpaired) electrons. The predicted octanol–water partition coefficient (Wildman–Crippen LogP) is 1.16. The molecular weight excluding hydrogens is 144 g/mol. The van der Waals surface area contributed by atoms with E-state index >= 15 is 0 Å². The molecule has 0 fully saturated rings. The third kappa shape index (κ3) is 2.28. The summed E-state index contributed by atoms with van der Waals surface area (Å²) in [6.07, 6.45) is 0. The maximum absolute atomic E-state index is 9.99. The second-order valence-corrected chi connectivity index (χ2v) is 2.50. The van der Waals surface area contributed by atoms with E-state index in [-0.39, 0.29) is 9.81 Å². The Hall–Kier alpha value is -0.0900. The molecule has 0 aliphatic rings. The van der Waals surface area contributed by atoms with Gasteiger partial charge < -0.3 is 5.11 Å². The molecule has 46 valence electrons. The van der Waals surface area contributed by atoms with Crippen molar-refractivity contribution < 1.29 is 9.90 Å². The van der Waals surface area contributed by atoms with Gasteiger partial charge in [0.05, 0.1) is 5.57 Å². The average Bonchev–Trinajstić information content (AvgIpc) is 1.64. The topological polar surface area (TPSA) is 37.3 Å². The Labute approximate surface area is 58.4 Å². The summed E-state index contributed by atoms with van der Waals surface area (Å²) >= 11 is 7.39. The Morgan fingerprint density at radius 2 is 1.88 bits per heavy atom. The molecule has 0 atom stereocenters. The van der Waals surface area contributed by atoms with Crippen LogP contribution in [0.3, 0.4) is 0 Å². The van der Waals surface area contributed by atoms with E-state index in [9.17, 15) is 4.79 Å². The lowest BCUT2D eigenvalue weighted by atomic mass is 10.4. The van der Waals surface area contributed by atoms with Gasteiger partial charge in [-0.15, -0.1) is 25.3 Å². The number of hydrogen-bond acceptors (Lipinski definition) is 3. The van der Waals surface area contributed by atoms with E-state index in [1.165, 1.54) is 6.92 Å². The quantitative estimate of drug-likeness (QED) is 0.387. The minimum Gasteiger partial charge on any atom is -0.478 e. The van der Waals surface area contributed by atoms with Crippen LogP contribution in [0.25, 0.3) is 0 Å². The van der Waals surface area contributed by atoms with Crippen LogP contribution in [0.15, 0.2) is 9.81 Å². The Morgan fingerprint density at radius 3 is 1.88 bits per heavy atom. The van der Waals surface area contributed by atoms with Crippen molar-refractivity contribution in [1.29, 1.82) is 0 Å². The van der Waals surface area contributed by atoms with Crippen molar-refractivity contribution in [3.05, 3.63) is 9.81 Å². The SMILES string of the molecule is CC(C(=O)O)=C(S)S. The second kappa shape index (κ2) is 3.04. The van der Waals surface area contributed by atoms with Gasteiger partial charge in [-0.3, -0.25) is 0 Å². The summed E-state index contributed by atoms with van der Waals surface area (Å²) in [5.41, 5.74) is 0.164. The summed E-state index contributed by atoms with van der Waals surface area (Å²) in [4.78, 5) is 9.99. The maximum Gasteiger partial charge on any atom is 0.332 e. The van der Waals surface area contributed by atoms with Crippen LogP contribution in [0, 0.1) is 0 Å². The van der Waals surface area contributed by atoms with Crippen molar-refractivity contribution in [2.45, 2.75) is 6.92 Å². The number of aliphatic carboxylic acids is 1. The second-order valence-electron chi connectivity index (χ2n) is 1.25. The van der Waals surface area contributed by atoms with Crippen molar-refractivity contribution in [1.82, 2.24) is 0 Å². The minimum absolute atomic E-state index is 0.164. The van der Waals surface area contributed by atoms with Crippen LogP contribution < -0.4 is 0 Å². The van der Waals surface area contributed by atoms with E-state index in [1.54, 1.807) is 0 Å². The van der Waals surface area contributed by atoms with Crippen LogP contribution in [0.2, 0.25) is 0 Å². The molecule has 0 rings (SSSR count). The van der Waals surface area contributed by atoms with Gasteiger partial charge in [-0.1, -0.05) is 0 Å². The zero-order valence-electron chi connectivity index (χ0n) is 4.25. The Bertz CT molecular complexity index is 135. The molecule has 1 N–H and O–H groups in total. The first-order valence-corrected chi connectivity index (χ1v) is 2.77. The number of hydrogen-bond donors (Lipinski definition) is 3. The normalized spacial score (nSPS) is 8.38. The molecule has 0 saturated carbocycles. The van der Waals surface area contributed by atoms with Gasteiger partial charge in [0.25, 0.3) is 0 Å². The molecule has 4 heteroatoms. The van der Waals surface area contributed by atoms with E-state index in [0.29, 0.717) is 0 Å². The van der Waals surface area contributed by atoms with Gasteiger partial charge in [-0.2, -0.15) is 0 Å². The van der Waals surface area contributed by atoms with Gasteiger partial charge >= 0.3 is 5.97 Å². The van der Waals surface area contributed by atoms with Gasteiger partial charge in [0.1, 0.15) is 0 Å². The van der Waals surface area contributed by atoms with E-state index in [0.717, 1.165) is 0 Å². The molecule has 0 amide bonds. The highest BCUT2D eigenvalue weighted by atomic mass is 32.2. The first kappa shape index (κ1) is 7.91. The molecule has 0 aromatic heterocycles. The fraction of sp³-hybridized carbons (Fsp3) is 0.250. The Kier molecular flexibility index (Phi) is 3.01. The van der Waals surface area contributed by atoms with Crippen LogP contribution in [0.1, 0.15) is 6.92 Å². The summed E-state index contributed by atoms with van der Waals surface area (Å²) in [6, 6.07) is 0. The lowest BCUT2D eigenvalue weighted by Crippen LogP contribution is -1.95. The summed E-state index contributed by atoms with van der Waals surface area (Å²) in [6.45, 7) is 1.44. The van der Waals surface area contributed by atoms with E-state index < -0.39 is 5.97 Å². The van der Waals surface area contributed by atoms with E-state index in [4.69, 9.17) is 5.11 Å². The maximum atomic E-state index is 9.99. The highest BCUT2D eigenvalue weighted by molar-refractivity contribution is 8.05. The van der Waals surface area contributed by atoms with Crippen LogP contribution in [0.5, 0.6) is 0 Å². The molecule has 0 spiro atoms. The monoisotopic (exact) mass is 150 g/mol. The Balaban J connectivity index is 4.23. The summed E-state index contributed by atoms with van der Waals surface area (Å²) in [5, 5.41) is 8.20. The minimum atomic E-state index is -0.981. The molecule has 0 aromatic carbocycles. The third-order valence-corrected chi connectivity index (χ3v) is 1.33. The van der Waals surface area contributed by atoms with E-state index in [1.807, 2.05) is 0 Å². The molecule has 0 unspecified atom stereocenters. The summed E-state index contributed by atoms with van der Waals surface area (Å²) < 4.78 is 0.248. The fourth-order valence-electron chi connectivity index (χ4n) is 0.0956. The number of carbonyl (C=O) groups is 1.